The topological polar surface area (TPSA) is 96.1 Å². The van der Waals surface area contributed by atoms with Gasteiger partial charge in [0.15, 0.2) is 5.69 Å². The van der Waals surface area contributed by atoms with Crippen LogP contribution in [0, 0.1) is 0 Å². The predicted octanol–water partition coefficient (Wildman–Crippen LogP) is 1.74. The number of anilines is 2. The van der Waals surface area contributed by atoms with Gasteiger partial charge in [0.1, 0.15) is 5.82 Å². The van der Waals surface area contributed by atoms with E-state index in [4.69, 9.17) is 5.84 Å². The monoisotopic (exact) mass is 293 g/mol. The van der Waals surface area contributed by atoms with Crippen LogP contribution in [0.15, 0.2) is 6.07 Å². The summed E-state index contributed by atoms with van der Waals surface area (Å²) in [5.41, 5.74) is -0.169. The van der Waals surface area contributed by atoms with Crippen molar-refractivity contribution in [2.24, 2.45) is 5.84 Å². The van der Waals surface area contributed by atoms with E-state index >= 15 is 0 Å². The number of nitrogens with zero attached hydrogens (tertiary/aromatic N) is 2. The highest BCUT2D eigenvalue weighted by Crippen LogP contribution is 2.29. The zero-order valence-corrected chi connectivity index (χ0v) is 11.3. The first kappa shape index (κ1) is 16.4. The molecule has 6 nitrogen and oxygen atoms in total. The van der Waals surface area contributed by atoms with Crippen LogP contribution in [0.3, 0.4) is 0 Å². The fourth-order valence-corrected chi connectivity index (χ4v) is 1.66. The molecular weight excluding hydrogens is 275 g/mol. The van der Waals surface area contributed by atoms with E-state index < -0.39 is 17.5 Å². The van der Waals surface area contributed by atoms with Gasteiger partial charge in [-0.25, -0.2) is 10.8 Å². The molecule has 0 aliphatic rings. The van der Waals surface area contributed by atoms with Crippen molar-refractivity contribution in [1.29, 1.82) is 0 Å². The summed E-state index contributed by atoms with van der Waals surface area (Å²) in [5, 5.41) is 12.6. The van der Waals surface area contributed by atoms with Crippen molar-refractivity contribution in [3.05, 3.63) is 11.8 Å². The third kappa shape index (κ3) is 4.82. The maximum Gasteiger partial charge on any atom is 0.433 e. The first-order valence-electron chi connectivity index (χ1n) is 6.07. The minimum Gasteiger partial charge on any atom is -0.388 e. The molecule has 0 saturated heterocycles. The molecule has 1 rings (SSSR count). The van der Waals surface area contributed by atoms with Crippen molar-refractivity contribution in [2.75, 3.05) is 17.3 Å². The number of nitrogen functional groups attached to an aromatic ring is 1. The molecular formula is C11H18F3N5O. The lowest BCUT2D eigenvalue weighted by Crippen LogP contribution is -2.33. The molecule has 1 unspecified atom stereocenters. The Labute approximate surface area is 114 Å². The first-order valence-corrected chi connectivity index (χ1v) is 6.07. The Morgan fingerprint density at radius 2 is 2.00 bits per heavy atom. The van der Waals surface area contributed by atoms with Crippen molar-refractivity contribution in [3.8, 4) is 0 Å². The molecule has 0 spiro atoms. The molecule has 0 radical (unpaired) electrons. The maximum absolute atomic E-state index is 12.6. The van der Waals surface area contributed by atoms with Crippen molar-refractivity contribution in [3.63, 3.8) is 0 Å². The Bertz CT molecular complexity index is 450. The largest absolute Gasteiger partial charge is 0.433 e. The molecule has 0 saturated carbocycles. The number of alkyl halides is 3. The van der Waals surface area contributed by atoms with Gasteiger partial charge in [0, 0.05) is 12.6 Å². The minimum absolute atomic E-state index is 0.0587. The van der Waals surface area contributed by atoms with Crippen LogP contribution in [0.4, 0.5) is 24.9 Å². The van der Waals surface area contributed by atoms with Crippen LogP contribution in [0.1, 0.15) is 32.4 Å². The number of halogens is 3. The zero-order valence-electron chi connectivity index (χ0n) is 11.3. The van der Waals surface area contributed by atoms with E-state index in [1.54, 1.807) is 6.92 Å². The van der Waals surface area contributed by atoms with Crippen LogP contribution in [0.5, 0.6) is 0 Å². The van der Waals surface area contributed by atoms with Gasteiger partial charge in [0.25, 0.3) is 0 Å². The van der Waals surface area contributed by atoms with Gasteiger partial charge in [0.2, 0.25) is 5.95 Å². The van der Waals surface area contributed by atoms with E-state index in [-0.39, 0.29) is 18.3 Å². The second kappa shape index (κ2) is 6.23. The van der Waals surface area contributed by atoms with Crippen molar-refractivity contribution in [1.82, 2.24) is 9.97 Å². The summed E-state index contributed by atoms with van der Waals surface area (Å²) in [6.07, 6.45) is -3.34. The van der Waals surface area contributed by atoms with E-state index in [9.17, 15) is 18.3 Å². The van der Waals surface area contributed by atoms with Gasteiger partial charge >= 0.3 is 6.18 Å². The molecule has 20 heavy (non-hydrogen) atoms. The fourth-order valence-electron chi connectivity index (χ4n) is 1.66. The lowest BCUT2D eigenvalue weighted by atomic mass is 10.0. The van der Waals surface area contributed by atoms with Crippen LogP contribution < -0.4 is 16.6 Å². The quantitative estimate of drug-likeness (QED) is 0.471. The van der Waals surface area contributed by atoms with Crippen LogP contribution >= 0.6 is 0 Å². The van der Waals surface area contributed by atoms with Gasteiger partial charge in [0.05, 0.1) is 5.60 Å². The second-order valence-corrected chi connectivity index (χ2v) is 4.70. The van der Waals surface area contributed by atoms with Crippen molar-refractivity contribution in [2.45, 2.75) is 38.5 Å². The van der Waals surface area contributed by atoms with Gasteiger partial charge in [-0.1, -0.05) is 13.3 Å². The molecule has 1 atom stereocenters. The highest BCUT2D eigenvalue weighted by molar-refractivity contribution is 5.42. The summed E-state index contributed by atoms with van der Waals surface area (Å²) < 4.78 is 37.9. The summed E-state index contributed by atoms with van der Waals surface area (Å²) >= 11 is 0. The van der Waals surface area contributed by atoms with E-state index in [2.05, 4.69) is 15.3 Å². The number of nitrogens with one attached hydrogen (secondary N) is 2. The molecule has 9 heteroatoms. The lowest BCUT2D eigenvalue weighted by molar-refractivity contribution is -0.141. The van der Waals surface area contributed by atoms with Crippen LogP contribution in [-0.4, -0.2) is 27.2 Å². The van der Waals surface area contributed by atoms with Crippen LogP contribution in [-0.2, 0) is 6.18 Å². The number of nitrogens with two attached hydrogens (primary N) is 1. The van der Waals surface area contributed by atoms with Crippen LogP contribution in [0.25, 0.3) is 0 Å². The van der Waals surface area contributed by atoms with Gasteiger partial charge in [-0.3, -0.25) is 5.43 Å². The zero-order chi connectivity index (χ0) is 15.4. The molecule has 1 aromatic rings. The molecule has 0 aromatic carbocycles. The van der Waals surface area contributed by atoms with E-state index in [0.717, 1.165) is 12.5 Å². The second-order valence-electron chi connectivity index (χ2n) is 4.70. The summed E-state index contributed by atoms with van der Waals surface area (Å²) in [7, 11) is 0. The smallest absolute Gasteiger partial charge is 0.388 e. The van der Waals surface area contributed by atoms with Gasteiger partial charge in [-0.2, -0.15) is 18.2 Å². The number of aromatic nitrogens is 2. The maximum atomic E-state index is 12.6. The normalized spacial score (nSPS) is 14.8. The van der Waals surface area contributed by atoms with E-state index in [0.29, 0.717) is 6.42 Å². The average molecular weight is 293 g/mol. The Morgan fingerprint density at radius 1 is 1.35 bits per heavy atom. The molecule has 5 N–H and O–H groups in total. The summed E-state index contributed by atoms with van der Waals surface area (Å²) in [5.74, 6) is 4.63. The number of hydrogen-bond donors (Lipinski definition) is 4. The highest BCUT2D eigenvalue weighted by Gasteiger charge is 2.34. The number of aliphatic hydroxyl groups is 1. The average Bonchev–Trinajstić information content (AvgIpc) is 2.35. The summed E-state index contributed by atoms with van der Waals surface area (Å²) in [6, 6.07) is 0.767. The van der Waals surface area contributed by atoms with E-state index in [1.807, 2.05) is 12.3 Å². The number of hydrogen-bond acceptors (Lipinski definition) is 6. The third-order valence-electron chi connectivity index (χ3n) is 2.58. The Hall–Kier alpha value is -1.61. The molecule has 0 fully saturated rings. The molecule has 1 heterocycles. The van der Waals surface area contributed by atoms with Crippen molar-refractivity contribution >= 4 is 11.8 Å². The molecule has 1 aromatic heterocycles. The van der Waals surface area contributed by atoms with Crippen LogP contribution in [0.2, 0.25) is 0 Å². The van der Waals surface area contributed by atoms with Gasteiger partial charge in [-0.05, 0) is 13.3 Å². The first-order chi connectivity index (χ1) is 9.18. The number of rotatable bonds is 6. The molecule has 0 bridgehead atoms. The Morgan fingerprint density at radius 3 is 2.50 bits per heavy atom. The minimum atomic E-state index is -4.60. The molecule has 114 valence electrons. The molecule has 0 amide bonds. The standard InChI is InChI=1S/C11H18F3N5O/c1-3-4-10(2,20)6-16-8-5-7(11(12,13)14)17-9(18-8)19-15/h5,20H,3-4,6,15H2,1-2H3,(H2,16,17,18,19). The lowest BCUT2D eigenvalue weighted by Gasteiger charge is -2.23. The highest BCUT2D eigenvalue weighted by atomic mass is 19.4. The Balaban J connectivity index is 2.90. The van der Waals surface area contributed by atoms with Gasteiger partial charge < -0.3 is 10.4 Å². The van der Waals surface area contributed by atoms with Gasteiger partial charge in [-0.15, -0.1) is 0 Å². The van der Waals surface area contributed by atoms with E-state index in [1.165, 1.54) is 0 Å². The summed E-state index contributed by atoms with van der Waals surface area (Å²) in [4.78, 5) is 6.99. The Kier molecular flexibility index (Phi) is 5.12. The summed E-state index contributed by atoms with van der Waals surface area (Å²) in [6.45, 7) is 3.56. The fraction of sp³-hybridized carbons (Fsp3) is 0.636. The SMILES string of the molecule is CCCC(C)(O)CNc1cc(C(F)(F)F)nc(NN)n1. The molecule has 0 aliphatic carbocycles. The predicted molar refractivity (Wildman–Crippen MR) is 68.9 cm³/mol. The van der Waals surface area contributed by atoms with Crippen molar-refractivity contribution < 1.29 is 18.3 Å². The number of hydrazine groups is 1. The molecule has 0 aliphatic heterocycles. The third-order valence-corrected chi connectivity index (χ3v) is 2.58.